The zero-order valence-electron chi connectivity index (χ0n) is 10.9. The molecule has 2 fully saturated rings. The lowest BCUT2D eigenvalue weighted by molar-refractivity contribution is 0.158. The van der Waals surface area contributed by atoms with Gasteiger partial charge in [0.25, 0.3) is 0 Å². The molecule has 110 valence electrons. The Balaban J connectivity index is 1.90. The van der Waals surface area contributed by atoms with Crippen molar-refractivity contribution in [2.24, 2.45) is 0 Å². The molecule has 2 aliphatic heterocycles. The monoisotopic (exact) mass is 302 g/mol. The highest BCUT2D eigenvalue weighted by atomic mass is 32.2. The quantitative estimate of drug-likeness (QED) is 0.830. The lowest BCUT2D eigenvalue weighted by atomic mass is 10.2. The van der Waals surface area contributed by atoms with Crippen LogP contribution in [-0.4, -0.2) is 49.8 Å². The van der Waals surface area contributed by atoms with Crippen LogP contribution in [0.4, 0.5) is 8.78 Å². The van der Waals surface area contributed by atoms with Crippen LogP contribution < -0.4 is 0 Å². The molecular formula is C13H16F2N2O2S. The van der Waals surface area contributed by atoms with Gasteiger partial charge in [-0.25, -0.2) is 17.2 Å². The molecule has 1 aromatic carbocycles. The van der Waals surface area contributed by atoms with Crippen molar-refractivity contribution in [3.8, 4) is 0 Å². The number of halogens is 2. The van der Waals surface area contributed by atoms with E-state index in [1.807, 2.05) is 0 Å². The van der Waals surface area contributed by atoms with Crippen LogP contribution in [0.1, 0.15) is 12.8 Å². The van der Waals surface area contributed by atoms with E-state index in [4.69, 9.17) is 0 Å². The van der Waals surface area contributed by atoms with Gasteiger partial charge in [-0.05, 0) is 37.6 Å². The zero-order chi connectivity index (χ0) is 14.3. The summed E-state index contributed by atoms with van der Waals surface area (Å²) in [4.78, 5) is 1.69. The third-order valence-electron chi connectivity index (χ3n) is 4.06. The molecule has 4 nitrogen and oxygen atoms in total. The van der Waals surface area contributed by atoms with Gasteiger partial charge in [-0.1, -0.05) is 0 Å². The SMILES string of the molecule is O=S(=O)(c1cc(F)ccc1F)N1CCN2CCC[C@@H]2C1. The lowest BCUT2D eigenvalue weighted by Crippen LogP contribution is -2.52. The molecule has 0 spiro atoms. The molecule has 0 saturated carbocycles. The van der Waals surface area contributed by atoms with Crippen LogP contribution in [0.2, 0.25) is 0 Å². The molecule has 2 saturated heterocycles. The van der Waals surface area contributed by atoms with E-state index in [2.05, 4.69) is 4.90 Å². The minimum absolute atomic E-state index is 0.204. The first kappa shape index (κ1) is 13.9. The third kappa shape index (κ3) is 2.34. The average Bonchev–Trinajstić information content (AvgIpc) is 2.88. The largest absolute Gasteiger partial charge is 0.298 e. The van der Waals surface area contributed by atoms with Crippen LogP contribution in [-0.2, 0) is 10.0 Å². The van der Waals surface area contributed by atoms with Crippen molar-refractivity contribution in [1.29, 1.82) is 0 Å². The van der Waals surface area contributed by atoms with Crippen LogP contribution >= 0.6 is 0 Å². The van der Waals surface area contributed by atoms with Crippen LogP contribution in [0.25, 0.3) is 0 Å². The van der Waals surface area contributed by atoms with Crippen molar-refractivity contribution in [2.45, 2.75) is 23.8 Å². The Hall–Kier alpha value is -1.05. The van der Waals surface area contributed by atoms with E-state index in [0.717, 1.165) is 37.6 Å². The van der Waals surface area contributed by atoms with Crippen LogP contribution in [0.3, 0.4) is 0 Å². The molecule has 0 radical (unpaired) electrons. The Labute approximate surface area is 117 Å². The summed E-state index contributed by atoms with van der Waals surface area (Å²) in [5.41, 5.74) is 0. The van der Waals surface area contributed by atoms with Crippen LogP contribution in [0.5, 0.6) is 0 Å². The van der Waals surface area contributed by atoms with Crippen LogP contribution in [0, 0.1) is 11.6 Å². The standard InChI is InChI=1S/C13H16F2N2O2S/c14-10-3-4-12(15)13(8-10)20(18,19)17-7-6-16-5-1-2-11(16)9-17/h3-4,8,11H,1-2,5-7,9H2/t11-/m1/s1. The molecule has 20 heavy (non-hydrogen) atoms. The zero-order valence-corrected chi connectivity index (χ0v) is 11.7. The maximum atomic E-state index is 13.7. The van der Waals surface area contributed by atoms with E-state index >= 15 is 0 Å². The number of piperazine rings is 1. The van der Waals surface area contributed by atoms with Crippen molar-refractivity contribution in [3.63, 3.8) is 0 Å². The van der Waals surface area contributed by atoms with E-state index in [0.29, 0.717) is 19.6 Å². The second-order valence-corrected chi connectivity index (χ2v) is 7.18. The third-order valence-corrected chi connectivity index (χ3v) is 5.94. The Morgan fingerprint density at radius 1 is 1.15 bits per heavy atom. The van der Waals surface area contributed by atoms with E-state index in [1.165, 1.54) is 4.31 Å². The molecule has 0 aliphatic carbocycles. The van der Waals surface area contributed by atoms with Crippen molar-refractivity contribution in [1.82, 2.24) is 9.21 Å². The summed E-state index contributed by atoms with van der Waals surface area (Å²) in [6, 6.07) is 2.73. The highest BCUT2D eigenvalue weighted by Gasteiger charge is 2.37. The van der Waals surface area contributed by atoms with Gasteiger partial charge in [0.15, 0.2) is 0 Å². The van der Waals surface area contributed by atoms with Gasteiger partial charge >= 0.3 is 0 Å². The van der Waals surface area contributed by atoms with Gasteiger partial charge in [-0.15, -0.1) is 0 Å². The van der Waals surface area contributed by atoms with E-state index in [1.54, 1.807) is 0 Å². The minimum Gasteiger partial charge on any atom is -0.298 e. The Kier molecular flexibility index (Phi) is 3.51. The number of benzene rings is 1. The number of hydrogen-bond donors (Lipinski definition) is 0. The fraction of sp³-hybridized carbons (Fsp3) is 0.538. The molecule has 2 aliphatic rings. The molecule has 0 aromatic heterocycles. The Bertz CT molecular complexity index is 621. The number of hydrogen-bond acceptors (Lipinski definition) is 3. The second-order valence-electron chi connectivity index (χ2n) is 5.27. The smallest absolute Gasteiger partial charge is 0.246 e. The molecule has 0 N–H and O–H groups in total. The van der Waals surface area contributed by atoms with E-state index in [9.17, 15) is 17.2 Å². The minimum atomic E-state index is -3.96. The Morgan fingerprint density at radius 2 is 1.95 bits per heavy atom. The van der Waals surface area contributed by atoms with Crippen molar-refractivity contribution in [3.05, 3.63) is 29.8 Å². The molecule has 0 unspecified atom stereocenters. The van der Waals surface area contributed by atoms with Gasteiger partial charge in [0.2, 0.25) is 10.0 Å². The van der Waals surface area contributed by atoms with Gasteiger partial charge in [0.05, 0.1) is 0 Å². The normalized spacial score (nSPS) is 24.8. The summed E-state index contributed by atoms with van der Waals surface area (Å²) in [7, 11) is -3.96. The van der Waals surface area contributed by atoms with Gasteiger partial charge in [0.1, 0.15) is 16.5 Å². The van der Waals surface area contributed by atoms with E-state index < -0.39 is 26.6 Å². The predicted molar refractivity (Wildman–Crippen MR) is 69.7 cm³/mol. The number of sulfonamides is 1. The summed E-state index contributed by atoms with van der Waals surface area (Å²) in [5.74, 6) is -1.65. The van der Waals surface area contributed by atoms with Crippen molar-refractivity contribution in [2.75, 3.05) is 26.2 Å². The van der Waals surface area contributed by atoms with Gasteiger partial charge in [-0.3, -0.25) is 4.90 Å². The summed E-state index contributed by atoms with van der Waals surface area (Å²) < 4.78 is 53.1. The second kappa shape index (κ2) is 5.05. The fourth-order valence-electron chi connectivity index (χ4n) is 2.99. The molecular weight excluding hydrogens is 286 g/mol. The summed E-state index contributed by atoms with van der Waals surface area (Å²) >= 11 is 0. The molecule has 1 atom stereocenters. The molecule has 0 bridgehead atoms. The van der Waals surface area contributed by atoms with Gasteiger partial charge < -0.3 is 0 Å². The first-order valence-electron chi connectivity index (χ1n) is 6.68. The maximum absolute atomic E-state index is 13.7. The van der Waals surface area contributed by atoms with E-state index in [-0.39, 0.29) is 6.04 Å². The van der Waals surface area contributed by atoms with Crippen molar-refractivity contribution < 1.29 is 17.2 Å². The maximum Gasteiger partial charge on any atom is 0.246 e. The molecule has 1 aromatic rings. The average molecular weight is 302 g/mol. The Morgan fingerprint density at radius 3 is 2.75 bits per heavy atom. The van der Waals surface area contributed by atoms with Crippen molar-refractivity contribution >= 4 is 10.0 Å². The molecule has 7 heteroatoms. The summed E-state index contributed by atoms with van der Waals surface area (Å²) in [6.07, 6.45) is 2.02. The lowest BCUT2D eigenvalue weighted by Gasteiger charge is -2.36. The molecule has 2 heterocycles. The number of rotatable bonds is 2. The predicted octanol–water partition coefficient (Wildman–Crippen LogP) is 1.43. The van der Waals surface area contributed by atoms with Gasteiger partial charge in [0, 0.05) is 25.7 Å². The summed E-state index contributed by atoms with van der Waals surface area (Å²) in [5, 5.41) is 0. The summed E-state index contributed by atoms with van der Waals surface area (Å²) in [6.45, 7) is 2.33. The molecule has 0 amide bonds. The highest BCUT2D eigenvalue weighted by Crippen LogP contribution is 2.27. The number of nitrogens with zero attached hydrogens (tertiary/aromatic N) is 2. The first-order chi connectivity index (χ1) is 9.48. The van der Waals surface area contributed by atoms with Gasteiger partial charge in [-0.2, -0.15) is 4.31 Å². The fourth-order valence-corrected chi connectivity index (χ4v) is 4.54. The highest BCUT2D eigenvalue weighted by molar-refractivity contribution is 7.89. The first-order valence-corrected chi connectivity index (χ1v) is 8.12. The topological polar surface area (TPSA) is 40.6 Å². The number of fused-ring (bicyclic) bond motifs is 1. The molecule has 3 rings (SSSR count). The van der Waals surface area contributed by atoms with Crippen LogP contribution in [0.15, 0.2) is 23.1 Å².